The first kappa shape index (κ1) is 9.75. The third-order valence-electron chi connectivity index (χ3n) is 3.29. The minimum absolute atomic E-state index is 0.0454. The highest BCUT2D eigenvalue weighted by molar-refractivity contribution is 7.11. The molecule has 0 saturated heterocycles. The predicted molar refractivity (Wildman–Crippen MR) is 60.0 cm³/mol. The molecule has 1 aromatic heterocycles. The second kappa shape index (κ2) is 3.54. The standard InChI is InChI=1S/C11H16N2OS/c14-7-11(3-4-11)13-6-9-5-12-10(15-9)8-1-2-8/h5,8,13-14H,1-4,6-7H2. The number of aromatic nitrogens is 1. The smallest absolute Gasteiger partial charge is 0.0959 e. The summed E-state index contributed by atoms with van der Waals surface area (Å²) >= 11 is 1.83. The SMILES string of the molecule is OCC1(NCc2cnc(C3CC3)s2)CC1. The summed E-state index contributed by atoms with van der Waals surface area (Å²) in [6, 6.07) is 0. The van der Waals surface area contributed by atoms with Crippen LogP contribution in [-0.4, -0.2) is 22.2 Å². The van der Waals surface area contributed by atoms with Gasteiger partial charge in [-0.2, -0.15) is 0 Å². The molecule has 3 rings (SSSR count). The van der Waals surface area contributed by atoms with Crippen molar-refractivity contribution >= 4 is 11.3 Å². The van der Waals surface area contributed by atoms with Crippen LogP contribution in [0.2, 0.25) is 0 Å². The molecule has 2 fully saturated rings. The number of aliphatic hydroxyl groups excluding tert-OH is 1. The van der Waals surface area contributed by atoms with E-state index in [-0.39, 0.29) is 12.1 Å². The van der Waals surface area contributed by atoms with Crippen molar-refractivity contribution in [2.45, 2.75) is 43.7 Å². The van der Waals surface area contributed by atoms with Gasteiger partial charge in [0.15, 0.2) is 0 Å². The lowest BCUT2D eigenvalue weighted by Gasteiger charge is -2.12. The van der Waals surface area contributed by atoms with E-state index < -0.39 is 0 Å². The molecule has 0 aliphatic heterocycles. The van der Waals surface area contributed by atoms with Gasteiger partial charge < -0.3 is 10.4 Å². The summed E-state index contributed by atoms with van der Waals surface area (Å²) in [5.41, 5.74) is 0.0454. The van der Waals surface area contributed by atoms with E-state index in [2.05, 4.69) is 10.3 Å². The van der Waals surface area contributed by atoms with Crippen molar-refractivity contribution in [3.63, 3.8) is 0 Å². The van der Waals surface area contributed by atoms with Crippen molar-refractivity contribution < 1.29 is 5.11 Å². The lowest BCUT2D eigenvalue weighted by Crippen LogP contribution is -2.33. The van der Waals surface area contributed by atoms with Gasteiger partial charge in [-0.05, 0) is 25.7 Å². The third-order valence-corrected chi connectivity index (χ3v) is 4.45. The van der Waals surface area contributed by atoms with Crippen molar-refractivity contribution in [1.82, 2.24) is 10.3 Å². The van der Waals surface area contributed by atoms with Crippen molar-refractivity contribution in [1.29, 1.82) is 0 Å². The van der Waals surface area contributed by atoms with Gasteiger partial charge in [-0.1, -0.05) is 0 Å². The molecule has 0 bridgehead atoms. The van der Waals surface area contributed by atoms with Crippen LogP contribution in [0.4, 0.5) is 0 Å². The Morgan fingerprint density at radius 1 is 1.53 bits per heavy atom. The Kier molecular flexibility index (Phi) is 2.30. The minimum atomic E-state index is 0.0454. The second-order valence-electron chi connectivity index (χ2n) is 4.73. The first-order chi connectivity index (χ1) is 7.31. The van der Waals surface area contributed by atoms with E-state index in [9.17, 15) is 0 Å². The fourth-order valence-electron chi connectivity index (χ4n) is 1.74. The topological polar surface area (TPSA) is 45.1 Å². The lowest BCUT2D eigenvalue weighted by atomic mass is 10.3. The molecule has 0 spiro atoms. The molecule has 2 aliphatic carbocycles. The summed E-state index contributed by atoms with van der Waals surface area (Å²) in [7, 11) is 0. The Balaban J connectivity index is 1.57. The van der Waals surface area contributed by atoms with Gasteiger partial charge in [-0.25, -0.2) is 4.98 Å². The number of thiazole rings is 1. The zero-order valence-corrected chi connectivity index (χ0v) is 9.52. The summed E-state index contributed by atoms with van der Waals surface area (Å²) in [6.45, 7) is 1.13. The normalized spacial score (nSPS) is 23.0. The van der Waals surface area contributed by atoms with Crippen LogP contribution in [0.25, 0.3) is 0 Å². The van der Waals surface area contributed by atoms with E-state index in [0.29, 0.717) is 0 Å². The molecule has 2 N–H and O–H groups in total. The summed E-state index contributed by atoms with van der Waals surface area (Å²) in [5, 5.41) is 13.9. The Morgan fingerprint density at radius 2 is 2.33 bits per heavy atom. The Labute approximate surface area is 93.5 Å². The van der Waals surface area contributed by atoms with E-state index >= 15 is 0 Å². The van der Waals surface area contributed by atoms with Crippen LogP contribution >= 0.6 is 11.3 Å². The van der Waals surface area contributed by atoms with Gasteiger partial charge in [-0.15, -0.1) is 11.3 Å². The first-order valence-corrected chi connectivity index (χ1v) is 6.43. The lowest BCUT2D eigenvalue weighted by molar-refractivity contribution is 0.230. The van der Waals surface area contributed by atoms with Gasteiger partial charge in [0.05, 0.1) is 11.6 Å². The first-order valence-electron chi connectivity index (χ1n) is 5.62. The molecule has 0 unspecified atom stereocenters. The van der Waals surface area contributed by atoms with Crippen LogP contribution < -0.4 is 5.32 Å². The number of nitrogens with one attached hydrogen (secondary N) is 1. The van der Waals surface area contributed by atoms with Gasteiger partial charge in [0.25, 0.3) is 0 Å². The maximum Gasteiger partial charge on any atom is 0.0959 e. The van der Waals surface area contributed by atoms with Gasteiger partial charge in [0.1, 0.15) is 0 Å². The minimum Gasteiger partial charge on any atom is -0.394 e. The zero-order chi connectivity index (χ0) is 10.3. The molecule has 0 amide bonds. The van der Waals surface area contributed by atoms with Crippen molar-refractivity contribution in [3.8, 4) is 0 Å². The maximum atomic E-state index is 9.16. The number of rotatable bonds is 5. The molecule has 3 nitrogen and oxygen atoms in total. The van der Waals surface area contributed by atoms with Crippen LogP contribution in [0.5, 0.6) is 0 Å². The molecule has 15 heavy (non-hydrogen) atoms. The molecule has 4 heteroatoms. The largest absolute Gasteiger partial charge is 0.394 e. The molecule has 0 atom stereocenters. The van der Waals surface area contributed by atoms with Gasteiger partial charge >= 0.3 is 0 Å². The number of hydrogen-bond acceptors (Lipinski definition) is 4. The number of nitrogens with zero attached hydrogens (tertiary/aromatic N) is 1. The average molecular weight is 224 g/mol. The molecule has 0 radical (unpaired) electrons. The molecule has 1 heterocycles. The van der Waals surface area contributed by atoms with Crippen LogP contribution in [0.15, 0.2) is 6.20 Å². The zero-order valence-electron chi connectivity index (χ0n) is 8.70. The molecule has 2 saturated carbocycles. The molecular weight excluding hydrogens is 208 g/mol. The second-order valence-corrected chi connectivity index (χ2v) is 5.88. The Morgan fingerprint density at radius 3 is 2.93 bits per heavy atom. The molecule has 1 aromatic rings. The van der Waals surface area contributed by atoms with E-state index in [4.69, 9.17) is 5.11 Å². The van der Waals surface area contributed by atoms with Crippen LogP contribution in [0.3, 0.4) is 0 Å². The monoisotopic (exact) mass is 224 g/mol. The van der Waals surface area contributed by atoms with Crippen LogP contribution in [-0.2, 0) is 6.54 Å². The van der Waals surface area contributed by atoms with E-state index in [0.717, 1.165) is 25.3 Å². The fourth-order valence-corrected chi connectivity index (χ4v) is 2.77. The summed E-state index contributed by atoms with van der Waals surface area (Å²) in [4.78, 5) is 5.74. The predicted octanol–water partition coefficient (Wildman–Crippen LogP) is 1.63. The highest BCUT2D eigenvalue weighted by Crippen LogP contribution is 2.42. The van der Waals surface area contributed by atoms with E-state index in [1.54, 1.807) is 0 Å². The van der Waals surface area contributed by atoms with Crippen LogP contribution in [0, 0.1) is 0 Å². The quantitative estimate of drug-likeness (QED) is 0.799. The van der Waals surface area contributed by atoms with Crippen molar-refractivity contribution in [3.05, 3.63) is 16.1 Å². The fraction of sp³-hybridized carbons (Fsp3) is 0.727. The van der Waals surface area contributed by atoms with E-state index in [1.807, 2.05) is 17.5 Å². The van der Waals surface area contributed by atoms with Gasteiger partial charge in [-0.3, -0.25) is 0 Å². The Hall–Kier alpha value is -0.450. The molecular formula is C11H16N2OS. The van der Waals surface area contributed by atoms with Crippen LogP contribution in [0.1, 0.15) is 41.5 Å². The van der Waals surface area contributed by atoms with Gasteiger partial charge in [0, 0.05) is 29.1 Å². The number of aliphatic hydroxyl groups is 1. The molecule has 2 aliphatic rings. The molecule has 0 aromatic carbocycles. The maximum absolute atomic E-state index is 9.16. The van der Waals surface area contributed by atoms with Crippen molar-refractivity contribution in [2.24, 2.45) is 0 Å². The third kappa shape index (κ3) is 2.07. The average Bonchev–Trinajstić information content (AvgIpc) is 3.17. The summed E-state index contributed by atoms with van der Waals surface area (Å²) in [6.07, 6.45) is 6.84. The van der Waals surface area contributed by atoms with Gasteiger partial charge in [0.2, 0.25) is 0 Å². The Bertz CT molecular complexity index is 355. The highest BCUT2D eigenvalue weighted by Gasteiger charge is 2.41. The summed E-state index contributed by atoms with van der Waals surface area (Å²) in [5.74, 6) is 0.761. The number of hydrogen-bond donors (Lipinski definition) is 2. The van der Waals surface area contributed by atoms with Crippen molar-refractivity contribution in [2.75, 3.05) is 6.61 Å². The highest BCUT2D eigenvalue weighted by atomic mass is 32.1. The molecule has 82 valence electrons. The summed E-state index contributed by atoms with van der Waals surface area (Å²) < 4.78 is 0. The van der Waals surface area contributed by atoms with E-state index in [1.165, 1.54) is 22.7 Å².